The van der Waals surface area contributed by atoms with Gasteiger partial charge in [0.15, 0.2) is 5.96 Å². The van der Waals surface area contributed by atoms with Crippen LogP contribution >= 0.6 is 24.0 Å². The normalized spacial score (nSPS) is 11.8. The van der Waals surface area contributed by atoms with Gasteiger partial charge in [-0.25, -0.2) is 9.38 Å². The predicted octanol–water partition coefficient (Wildman–Crippen LogP) is 3.36. The topological polar surface area (TPSA) is 78.5 Å². The number of carbonyl (C=O) groups excluding carboxylic acids is 1. The van der Waals surface area contributed by atoms with E-state index in [1.807, 2.05) is 33.9 Å². The lowest BCUT2D eigenvalue weighted by Crippen LogP contribution is -2.39. The molecule has 0 atom stereocenters. The summed E-state index contributed by atoms with van der Waals surface area (Å²) >= 11 is 0. The van der Waals surface area contributed by atoms with Crippen molar-refractivity contribution in [1.29, 1.82) is 0 Å². The van der Waals surface area contributed by atoms with Gasteiger partial charge < -0.3 is 20.4 Å². The van der Waals surface area contributed by atoms with Crippen molar-refractivity contribution in [1.82, 2.24) is 15.6 Å². The smallest absolute Gasteiger partial charge is 0.328 e. The number of hydrogen-bond donors (Lipinski definition) is 3. The number of carbonyl (C=O) groups is 1. The molecule has 0 amide bonds. The quantitative estimate of drug-likeness (QED) is 0.251. The third-order valence-electron chi connectivity index (χ3n) is 3.55. The SMILES string of the molecule is CCNC(=NCC(=O)OC(C)(C)C)NCCc1c[nH]c2ccc(F)cc12.I. The molecule has 0 bridgehead atoms. The van der Waals surface area contributed by atoms with Gasteiger partial charge in [-0.2, -0.15) is 0 Å². The number of benzene rings is 1. The summed E-state index contributed by atoms with van der Waals surface area (Å²) in [6, 6.07) is 4.70. The highest BCUT2D eigenvalue weighted by Gasteiger charge is 2.15. The van der Waals surface area contributed by atoms with Crippen LogP contribution in [-0.2, 0) is 16.0 Å². The first-order chi connectivity index (χ1) is 12.3. The Morgan fingerprint density at radius 1 is 1.30 bits per heavy atom. The summed E-state index contributed by atoms with van der Waals surface area (Å²) in [4.78, 5) is 19.2. The Kier molecular flexibility index (Phi) is 9.01. The largest absolute Gasteiger partial charge is 0.459 e. The van der Waals surface area contributed by atoms with Crippen molar-refractivity contribution in [2.75, 3.05) is 19.6 Å². The number of esters is 1. The predicted molar refractivity (Wildman–Crippen MR) is 117 cm³/mol. The molecule has 2 aromatic rings. The van der Waals surface area contributed by atoms with Crippen LogP contribution in [0, 0.1) is 5.82 Å². The second-order valence-corrected chi connectivity index (χ2v) is 6.96. The Balaban J connectivity index is 0.00000364. The van der Waals surface area contributed by atoms with Gasteiger partial charge in [-0.3, -0.25) is 4.79 Å². The molecule has 8 heteroatoms. The number of H-pyrrole nitrogens is 1. The molecule has 0 fully saturated rings. The Bertz CT molecular complexity index is 784. The number of aromatic amines is 1. The Morgan fingerprint density at radius 3 is 2.70 bits per heavy atom. The average molecular weight is 490 g/mol. The fraction of sp³-hybridized carbons (Fsp3) is 0.474. The van der Waals surface area contributed by atoms with Gasteiger partial charge in [0.2, 0.25) is 0 Å². The Hall–Kier alpha value is -1.84. The highest BCUT2D eigenvalue weighted by molar-refractivity contribution is 14.0. The van der Waals surface area contributed by atoms with E-state index in [9.17, 15) is 9.18 Å². The molecule has 0 radical (unpaired) electrons. The van der Waals surface area contributed by atoms with Crippen molar-refractivity contribution in [3.05, 3.63) is 35.8 Å². The maximum atomic E-state index is 13.4. The number of aliphatic imine (C=N–C) groups is 1. The van der Waals surface area contributed by atoms with Crippen LogP contribution in [0.5, 0.6) is 0 Å². The van der Waals surface area contributed by atoms with E-state index in [0.29, 0.717) is 25.5 Å². The molecule has 6 nitrogen and oxygen atoms in total. The van der Waals surface area contributed by atoms with Crippen LogP contribution in [0.4, 0.5) is 4.39 Å². The van der Waals surface area contributed by atoms with Crippen molar-refractivity contribution in [2.24, 2.45) is 4.99 Å². The number of rotatable bonds is 6. The van der Waals surface area contributed by atoms with Gasteiger partial charge in [0, 0.05) is 30.2 Å². The van der Waals surface area contributed by atoms with E-state index in [4.69, 9.17) is 4.74 Å². The number of hydrogen-bond acceptors (Lipinski definition) is 3. The summed E-state index contributed by atoms with van der Waals surface area (Å²) in [5, 5.41) is 7.15. The summed E-state index contributed by atoms with van der Waals surface area (Å²) in [7, 11) is 0. The van der Waals surface area contributed by atoms with Crippen LogP contribution in [0.3, 0.4) is 0 Å². The fourth-order valence-electron chi connectivity index (χ4n) is 2.53. The van der Waals surface area contributed by atoms with Crippen LogP contribution < -0.4 is 10.6 Å². The van der Waals surface area contributed by atoms with Crippen molar-refractivity contribution in [3.8, 4) is 0 Å². The summed E-state index contributed by atoms with van der Waals surface area (Å²) < 4.78 is 18.7. The molecule has 1 heterocycles. The fourth-order valence-corrected chi connectivity index (χ4v) is 2.53. The van der Waals surface area contributed by atoms with Gasteiger partial charge in [0.25, 0.3) is 0 Å². The molecule has 1 aromatic heterocycles. The van der Waals surface area contributed by atoms with Crippen LogP contribution in [0.15, 0.2) is 29.4 Å². The molecule has 3 N–H and O–H groups in total. The molecule has 1 aromatic carbocycles. The van der Waals surface area contributed by atoms with Crippen LogP contribution in [0.1, 0.15) is 33.3 Å². The minimum Gasteiger partial charge on any atom is -0.459 e. The van der Waals surface area contributed by atoms with E-state index in [-0.39, 0.29) is 42.3 Å². The van der Waals surface area contributed by atoms with E-state index in [0.717, 1.165) is 16.5 Å². The summed E-state index contributed by atoms with van der Waals surface area (Å²) in [5.74, 6) is -0.0789. The van der Waals surface area contributed by atoms with Crippen molar-refractivity contribution >= 4 is 46.8 Å². The summed E-state index contributed by atoms with van der Waals surface area (Å²) in [6.45, 7) is 8.65. The molecular weight excluding hydrogens is 462 g/mol. The molecule has 0 aliphatic rings. The molecule has 27 heavy (non-hydrogen) atoms. The second kappa shape index (κ2) is 10.5. The average Bonchev–Trinajstić information content (AvgIpc) is 2.93. The Morgan fingerprint density at radius 2 is 2.04 bits per heavy atom. The lowest BCUT2D eigenvalue weighted by atomic mass is 10.1. The number of guanidine groups is 1. The number of fused-ring (bicyclic) bond motifs is 1. The van der Waals surface area contributed by atoms with Crippen LogP contribution in [-0.4, -0.2) is 42.1 Å². The highest BCUT2D eigenvalue weighted by Crippen LogP contribution is 2.19. The van der Waals surface area contributed by atoms with Crippen molar-refractivity contribution in [2.45, 2.75) is 39.7 Å². The standard InChI is InChI=1S/C19H27FN4O2.HI/c1-5-21-18(24-12-17(25)26-19(2,3)4)22-9-8-13-11-23-16-7-6-14(20)10-15(13)16;/h6-7,10-11,23H,5,8-9,12H2,1-4H3,(H2,21,22,24);1H. The van der Waals surface area contributed by atoms with E-state index >= 15 is 0 Å². The van der Waals surface area contributed by atoms with Gasteiger partial charge in [0.05, 0.1) is 0 Å². The molecule has 0 spiro atoms. The molecule has 0 saturated carbocycles. The monoisotopic (exact) mass is 490 g/mol. The van der Waals surface area contributed by atoms with E-state index < -0.39 is 5.60 Å². The van der Waals surface area contributed by atoms with Crippen molar-refractivity contribution in [3.63, 3.8) is 0 Å². The van der Waals surface area contributed by atoms with E-state index in [1.165, 1.54) is 12.1 Å². The maximum Gasteiger partial charge on any atom is 0.328 e. The van der Waals surface area contributed by atoms with Gasteiger partial charge in [0.1, 0.15) is 18.0 Å². The van der Waals surface area contributed by atoms with Crippen molar-refractivity contribution < 1.29 is 13.9 Å². The zero-order valence-corrected chi connectivity index (χ0v) is 18.5. The minimum absolute atomic E-state index is 0. The molecule has 2 rings (SSSR count). The third-order valence-corrected chi connectivity index (χ3v) is 3.55. The number of aromatic nitrogens is 1. The number of halogens is 2. The molecular formula is C19H28FIN4O2. The first kappa shape index (κ1) is 23.2. The summed E-state index contributed by atoms with van der Waals surface area (Å²) in [6.07, 6.45) is 2.58. The lowest BCUT2D eigenvalue weighted by Gasteiger charge is -2.19. The van der Waals surface area contributed by atoms with E-state index in [1.54, 1.807) is 6.07 Å². The molecule has 150 valence electrons. The molecule has 0 aliphatic heterocycles. The minimum atomic E-state index is -0.525. The lowest BCUT2D eigenvalue weighted by molar-refractivity contribution is -0.152. The van der Waals surface area contributed by atoms with Crippen LogP contribution in [0.2, 0.25) is 0 Å². The zero-order chi connectivity index (χ0) is 19.2. The van der Waals surface area contributed by atoms with Crippen LogP contribution in [0.25, 0.3) is 10.9 Å². The molecule has 0 aliphatic carbocycles. The number of ether oxygens (including phenoxy) is 1. The van der Waals surface area contributed by atoms with Gasteiger partial charge in [-0.05, 0) is 57.9 Å². The molecule has 0 saturated heterocycles. The first-order valence-corrected chi connectivity index (χ1v) is 8.78. The number of nitrogens with one attached hydrogen (secondary N) is 3. The third kappa shape index (κ3) is 7.74. The maximum absolute atomic E-state index is 13.4. The van der Waals surface area contributed by atoms with Gasteiger partial charge in [-0.1, -0.05) is 0 Å². The zero-order valence-electron chi connectivity index (χ0n) is 16.2. The summed E-state index contributed by atoms with van der Waals surface area (Å²) in [5.41, 5.74) is 1.41. The number of nitrogens with zero attached hydrogens (tertiary/aromatic N) is 1. The van der Waals surface area contributed by atoms with Gasteiger partial charge in [-0.15, -0.1) is 24.0 Å². The molecule has 0 unspecified atom stereocenters. The highest BCUT2D eigenvalue weighted by atomic mass is 127. The second-order valence-electron chi connectivity index (χ2n) is 6.96. The Labute approximate surface area is 176 Å². The van der Waals surface area contributed by atoms with E-state index in [2.05, 4.69) is 20.6 Å². The first-order valence-electron chi connectivity index (χ1n) is 8.78. The van der Waals surface area contributed by atoms with Gasteiger partial charge >= 0.3 is 5.97 Å².